The molecule has 3 aromatic rings. The van der Waals surface area contributed by atoms with Crippen molar-refractivity contribution in [2.45, 2.75) is 105 Å². The predicted octanol–water partition coefficient (Wildman–Crippen LogP) is 11.3. The van der Waals surface area contributed by atoms with E-state index in [1.54, 1.807) is 0 Å². The predicted molar refractivity (Wildman–Crippen MR) is 165 cm³/mol. The van der Waals surface area contributed by atoms with Gasteiger partial charge in [0, 0.05) is 0 Å². The lowest BCUT2D eigenvalue weighted by atomic mass is 9.77. The molecule has 0 aliphatic rings. The maximum atomic E-state index is 8.14. The van der Waals surface area contributed by atoms with Crippen LogP contribution in [0.1, 0.15) is 105 Å². The fourth-order valence-electron chi connectivity index (χ4n) is 4.81. The van der Waals surface area contributed by atoms with Gasteiger partial charge in [-0.05, 0) is 72.2 Å². The van der Waals surface area contributed by atoms with Crippen molar-refractivity contribution in [3.05, 3.63) is 93.6 Å². The van der Waals surface area contributed by atoms with Crippen LogP contribution in [0.25, 0.3) is 31.9 Å². The van der Waals surface area contributed by atoms with E-state index in [1.807, 2.05) is 0 Å². The van der Waals surface area contributed by atoms with Gasteiger partial charge in [-0.15, -0.1) is 0 Å². The molecule has 0 atom stereocenters. The molecule has 0 unspecified atom stereocenters. The van der Waals surface area contributed by atoms with Crippen LogP contribution in [-0.4, -0.2) is 0 Å². The molecule has 0 amide bonds. The summed E-state index contributed by atoms with van der Waals surface area (Å²) in [5, 5.41) is 0. The van der Waals surface area contributed by atoms with Gasteiger partial charge < -0.3 is 0 Å². The minimum atomic E-state index is -0.159. The van der Waals surface area contributed by atoms with Gasteiger partial charge in [-0.2, -0.15) is 0 Å². The lowest BCUT2D eigenvalue weighted by Crippen LogP contribution is -2.17. The van der Waals surface area contributed by atoms with Gasteiger partial charge in [0.05, 0.1) is 13.1 Å². The van der Waals surface area contributed by atoms with E-state index in [0.717, 1.165) is 33.4 Å². The second-order valence-electron chi connectivity index (χ2n) is 14.6. The maximum Gasteiger partial charge on any atom is 0.198 e. The highest BCUT2D eigenvalue weighted by atomic mass is 14.7. The molecule has 38 heavy (non-hydrogen) atoms. The first-order chi connectivity index (χ1) is 17.3. The van der Waals surface area contributed by atoms with Crippen LogP contribution < -0.4 is 0 Å². The highest BCUT2D eigenvalue weighted by Gasteiger charge is 2.28. The van der Waals surface area contributed by atoms with Gasteiger partial charge in [-0.25, -0.2) is 9.69 Å². The standard InChI is InChI=1S/C36H44N2/c1-33(2,3)25-19-27(31(37-13)29(21-25)35(7,8)9)23-16-15-17-24(18-23)28-20-26(34(4,5)6)22-30(32(28)38-14)36(10,11)12/h15-22H,1-12H3. The first-order valence-corrected chi connectivity index (χ1v) is 13.5. The largest absolute Gasteiger partial charge is 0.237 e. The quantitative estimate of drug-likeness (QED) is 0.307. The van der Waals surface area contributed by atoms with Crippen molar-refractivity contribution in [2.24, 2.45) is 0 Å². The molecule has 0 spiro atoms. The average Bonchev–Trinajstić information content (AvgIpc) is 2.80. The Kier molecular flexibility index (Phi) is 7.49. The zero-order chi connectivity index (χ0) is 28.8. The highest BCUT2D eigenvalue weighted by molar-refractivity contribution is 5.88. The summed E-state index contributed by atoms with van der Waals surface area (Å²) in [6.07, 6.45) is 0. The maximum absolute atomic E-state index is 8.14. The van der Waals surface area contributed by atoms with Crippen molar-refractivity contribution in [3.63, 3.8) is 0 Å². The molecule has 3 rings (SSSR count). The van der Waals surface area contributed by atoms with E-state index in [9.17, 15) is 0 Å². The number of rotatable bonds is 2. The molecule has 0 aromatic heterocycles. The first kappa shape index (κ1) is 29.2. The summed E-state index contributed by atoms with van der Waals surface area (Å²) < 4.78 is 0. The van der Waals surface area contributed by atoms with Crippen molar-refractivity contribution < 1.29 is 0 Å². The van der Waals surface area contributed by atoms with Gasteiger partial charge in [0.15, 0.2) is 11.4 Å². The Morgan fingerprint density at radius 1 is 0.474 bits per heavy atom. The third kappa shape index (κ3) is 5.87. The summed E-state index contributed by atoms with van der Waals surface area (Å²) in [5.41, 5.74) is 9.57. The molecule has 0 heterocycles. The number of benzene rings is 3. The van der Waals surface area contributed by atoms with Crippen molar-refractivity contribution in [2.75, 3.05) is 0 Å². The molecule has 2 heteroatoms. The number of hydrogen-bond donors (Lipinski definition) is 0. The Hall–Kier alpha value is -3.36. The number of hydrogen-bond acceptors (Lipinski definition) is 0. The molecule has 3 aromatic carbocycles. The first-order valence-electron chi connectivity index (χ1n) is 13.5. The molecule has 0 bridgehead atoms. The third-order valence-corrected chi connectivity index (χ3v) is 7.28. The molecular formula is C36H44N2. The zero-order valence-corrected chi connectivity index (χ0v) is 25.5. The zero-order valence-electron chi connectivity index (χ0n) is 25.5. The van der Waals surface area contributed by atoms with Gasteiger partial charge in [-0.1, -0.05) is 126 Å². The van der Waals surface area contributed by atoms with Crippen LogP contribution in [0.15, 0.2) is 48.5 Å². The molecule has 198 valence electrons. The summed E-state index contributed by atoms with van der Waals surface area (Å²) in [5.74, 6) is 0. The minimum absolute atomic E-state index is 0.0488. The summed E-state index contributed by atoms with van der Waals surface area (Å²) in [4.78, 5) is 8.13. The van der Waals surface area contributed by atoms with E-state index in [2.05, 4.69) is 141 Å². The topological polar surface area (TPSA) is 8.72 Å². The van der Waals surface area contributed by atoms with Crippen LogP contribution in [0, 0.1) is 13.1 Å². The smallest absolute Gasteiger partial charge is 0.198 e. The molecule has 0 radical (unpaired) electrons. The van der Waals surface area contributed by atoms with E-state index in [0.29, 0.717) is 11.4 Å². The lowest BCUT2D eigenvalue weighted by Gasteiger charge is -2.29. The summed E-state index contributed by atoms with van der Waals surface area (Å²) in [6, 6.07) is 17.3. The van der Waals surface area contributed by atoms with Crippen molar-refractivity contribution in [1.29, 1.82) is 0 Å². The van der Waals surface area contributed by atoms with Crippen LogP contribution in [0.5, 0.6) is 0 Å². The number of nitrogens with zero attached hydrogens (tertiary/aromatic N) is 2. The molecule has 0 aliphatic carbocycles. The van der Waals surface area contributed by atoms with E-state index < -0.39 is 0 Å². The van der Waals surface area contributed by atoms with E-state index >= 15 is 0 Å². The molecule has 0 N–H and O–H groups in total. The Morgan fingerprint density at radius 3 is 1.08 bits per heavy atom. The Bertz CT molecular complexity index is 1340. The summed E-state index contributed by atoms with van der Waals surface area (Å²) >= 11 is 0. The molecule has 0 saturated carbocycles. The molecule has 0 aliphatic heterocycles. The lowest BCUT2D eigenvalue weighted by molar-refractivity contribution is 0.570. The molecular weight excluding hydrogens is 460 g/mol. The van der Waals surface area contributed by atoms with Crippen LogP contribution in [-0.2, 0) is 21.7 Å². The highest BCUT2D eigenvalue weighted by Crippen LogP contribution is 2.46. The van der Waals surface area contributed by atoms with E-state index in [4.69, 9.17) is 13.1 Å². The Balaban J connectivity index is 2.41. The second kappa shape index (κ2) is 9.75. The monoisotopic (exact) mass is 504 g/mol. The minimum Gasteiger partial charge on any atom is -0.237 e. The van der Waals surface area contributed by atoms with Crippen molar-refractivity contribution in [1.82, 2.24) is 0 Å². The van der Waals surface area contributed by atoms with Crippen LogP contribution in [0.2, 0.25) is 0 Å². The van der Waals surface area contributed by atoms with Gasteiger partial charge in [-0.3, -0.25) is 0 Å². The van der Waals surface area contributed by atoms with Gasteiger partial charge in [0.2, 0.25) is 0 Å². The van der Waals surface area contributed by atoms with Crippen LogP contribution in [0.4, 0.5) is 11.4 Å². The van der Waals surface area contributed by atoms with Gasteiger partial charge in [0.25, 0.3) is 0 Å². The molecule has 2 nitrogen and oxygen atoms in total. The van der Waals surface area contributed by atoms with E-state index in [-0.39, 0.29) is 21.7 Å². The SMILES string of the molecule is [C-]#[N+]c1c(-c2cccc(-c3cc(C(C)(C)C)cc(C(C)(C)C)c3[N+]#[C-])c2)cc(C(C)(C)C)cc1C(C)(C)C. The molecule has 0 saturated heterocycles. The summed E-state index contributed by atoms with van der Waals surface area (Å²) in [6.45, 7) is 42.7. The second-order valence-corrected chi connectivity index (χ2v) is 14.6. The summed E-state index contributed by atoms with van der Waals surface area (Å²) in [7, 11) is 0. The fraction of sp³-hybridized carbons (Fsp3) is 0.444. The normalized spacial score (nSPS) is 12.7. The fourth-order valence-corrected chi connectivity index (χ4v) is 4.81. The van der Waals surface area contributed by atoms with Gasteiger partial charge in [0.1, 0.15) is 0 Å². The van der Waals surface area contributed by atoms with Crippen molar-refractivity contribution in [3.8, 4) is 22.3 Å². The van der Waals surface area contributed by atoms with Crippen LogP contribution >= 0.6 is 0 Å². The van der Waals surface area contributed by atoms with Crippen LogP contribution in [0.3, 0.4) is 0 Å². The average molecular weight is 505 g/mol. The Labute approximate surface area is 231 Å². The Morgan fingerprint density at radius 2 is 0.816 bits per heavy atom. The molecule has 0 fully saturated rings. The van der Waals surface area contributed by atoms with E-state index in [1.165, 1.54) is 11.1 Å². The van der Waals surface area contributed by atoms with Crippen molar-refractivity contribution >= 4 is 11.4 Å². The van der Waals surface area contributed by atoms with Gasteiger partial charge >= 0.3 is 0 Å². The third-order valence-electron chi connectivity index (χ3n) is 7.28.